The summed E-state index contributed by atoms with van der Waals surface area (Å²) in [6, 6.07) is 4.38. The standard InChI is InChI=1S/C13H18N2O2/c1-16-13-8-10-2-3-14-11(10)9-12(13)15-4-6-17-7-5-15/h8-9,14H,2-7H2,1H3. The van der Waals surface area contributed by atoms with Gasteiger partial charge in [0.25, 0.3) is 0 Å². The molecule has 1 N–H and O–H groups in total. The van der Waals surface area contributed by atoms with E-state index in [1.165, 1.54) is 16.9 Å². The van der Waals surface area contributed by atoms with Crippen LogP contribution >= 0.6 is 0 Å². The summed E-state index contributed by atoms with van der Waals surface area (Å²) in [4.78, 5) is 2.34. The third-order valence-corrected chi connectivity index (χ3v) is 3.47. The zero-order chi connectivity index (χ0) is 11.7. The van der Waals surface area contributed by atoms with Crippen LogP contribution in [0.2, 0.25) is 0 Å². The van der Waals surface area contributed by atoms with Crippen molar-refractivity contribution in [1.82, 2.24) is 0 Å². The maximum Gasteiger partial charge on any atom is 0.142 e. The van der Waals surface area contributed by atoms with Crippen LogP contribution in [0.5, 0.6) is 5.75 Å². The fourth-order valence-corrected chi connectivity index (χ4v) is 2.53. The first-order valence-corrected chi connectivity index (χ1v) is 6.16. The van der Waals surface area contributed by atoms with Crippen LogP contribution in [0, 0.1) is 0 Å². The van der Waals surface area contributed by atoms with E-state index in [9.17, 15) is 0 Å². The molecule has 0 spiro atoms. The van der Waals surface area contributed by atoms with Crippen LogP contribution in [-0.4, -0.2) is 40.0 Å². The molecule has 4 heteroatoms. The molecule has 0 atom stereocenters. The molecule has 1 saturated heterocycles. The maximum absolute atomic E-state index is 5.51. The van der Waals surface area contributed by atoms with Crippen molar-refractivity contribution in [3.8, 4) is 5.75 Å². The zero-order valence-electron chi connectivity index (χ0n) is 10.2. The van der Waals surface area contributed by atoms with Crippen molar-refractivity contribution in [3.63, 3.8) is 0 Å². The van der Waals surface area contributed by atoms with Crippen LogP contribution in [-0.2, 0) is 11.2 Å². The van der Waals surface area contributed by atoms with Crippen molar-refractivity contribution < 1.29 is 9.47 Å². The molecule has 1 aromatic carbocycles. The first-order chi connectivity index (χ1) is 8.38. The molecule has 1 aromatic rings. The summed E-state index contributed by atoms with van der Waals surface area (Å²) in [6.07, 6.45) is 1.09. The Balaban J connectivity index is 1.96. The highest BCUT2D eigenvalue weighted by atomic mass is 16.5. The highest BCUT2D eigenvalue weighted by molar-refractivity contribution is 5.71. The fourth-order valence-electron chi connectivity index (χ4n) is 2.53. The predicted octanol–water partition coefficient (Wildman–Crippen LogP) is 1.50. The van der Waals surface area contributed by atoms with E-state index in [0.717, 1.165) is 45.0 Å². The first-order valence-electron chi connectivity index (χ1n) is 6.16. The second-order valence-corrected chi connectivity index (χ2v) is 4.46. The summed E-state index contributed by atoms with van der Waals surface area (Å²) < 4.78 is 10.9. The van der Waals surface area contributed by atoms with Crippen molar-refractivity contribution in [2.24, 2.45) is 0 Å². The van der Waals surface area contributed by atoms with Gasteiger partial charge in [-0.05, 0) is 24.1 Å². The Labute approximate surface area is 102 Å². The number of ether oxygens (including phenoxy) is 2. The zero-order valence-corrected chi connectivity index (χ0v) is 10.2. The minimum absolute atomic E-state index is 0.799. The number of nitrogens with one attached hydrogen (secondary N) is 1. The minimum Gasteiger partial charge on any atom is -0.495 e. The lowest BCUT2D eigenvalue weighted by molar-refractivity contribution is 0.122. The van der Waals surface area contributed by atoms with Gasteiger partial charge in [-0.2, -0.15) is 0 Å². The molecule has 0 unspecified atom stereocenters. The van der Waals surface area contributed by atoms with Gasteiger partial charge in [-0.1, -0.05) is 0 Å². The van der Waals surface area contributed by atoms with Crippen LogP contribution in [0.1, 0.15) is 5.56 Å². The van der Waals surface area contributed by atoms with Gasteiger partial charge in [0.05, 0.1) is 26.0 Å². The van der Waals surface area contributed by atoms with E-state index < -0.39 is 0 Å². The van der Waals surface area contributed by atoms with Crippen LogP contribution in [0.25, 0.3) is 0 Å². The van der Waals surface area contributed by atoms with Gasteiger partial charge in [-0.3, -0.25) is 0 Å². The van der Waals surface area contributed by atoms with Gasteiger partial charge < -0.3 is 19.7 Å². The monoisotopic (exact) mass is 234 g/mol. The topological polar surface area (TPSA) is 33.7 Å². The third-order valence-electron chi connectivity index (χ3n) is 3.47. The summed E-state index contributed by atoms with van der Waals surface area (Å²) in [6.45, 7) is 4.51. The van der Waals surface area contributed by atoms with Gasteiger partial charge >= 0.3 is 0 Å². The van der Waals surface area contributed by atoms with Crippen molar-refractivity contribution in [1.29, 1.82) is 0 Å². The first kappa shape index (κ1) is 10.7. The van der Waals surface area contributed by atoms with Gasteiger partial charge in [-0.25, -0.2) is 0 Å². The van der Waals surface area contributed by atoms with E-state index in [-0.39, 0.29) is 0 Å². The number of hydrogen-bond donors (Lipinski definition) is 1. The number of anilines is 2. The molecule has 2 aliphatic heterocycles. The van der Waals surface area contributed by atoms with E-state index in [2.05, 4.69) is 22.3 Å². The fraction of sp³-hybridized carbons (Fsp3) is 0.538. The number of hydrogen-bond acceptors (Lipinski definition) is 4. The van der Waals surface area contributed by atoms with Crippen molar-refractivity contribution >= 4 is 11.4 Å². The molecule has 4 nitrogen and oxygen atoms in total. The summed E-state index contributed by atoms with van der Waals surface area (Å²) in [5.74, 6) is 0.981. The Hall–Kier alpha value is -1.42. The van der Waals surface area contributed by atoms with Crippen LogP contribution in [0.15, 0.2) is 12.1 Å². The lowest BCUT2D eigenvalue weighted by Crippen LogP contribution is -2.36. The Bertz CT molecular complexity index is 414. The summed E-state index contributed by atoms with van der Waals surface area (Å²) in [5, 5.41) is 3.42. The highest BCUT2D eigenvalue weighted by Crippen LogP contribution is 2.36. The molecular weight excluding hydrogens is 216 g/mol. The molecule has 3 rings (SSSR count). The van der Waals surface area contributed by atoms with E-state index in [1.807, 2.05) is 0 Å². The van der Waals surface area contributed by atoms with Crippen LogP contribution in [0.4, 0.5) is 11.4 Å². The lowest BCUT2D eigenvalue weighted by Gasteiger charge is -2.30. The summed E-state index contributed by atoms with van der Waals surface area (Å²) in [5.41, 5.74) is 3.80. The number of nitrogens with zero attached hydrogens (tertiary/aromatic N) is 1. The maximum atomic E-state index is 5.51. The molecule has 1 fully saturated rings. The lowest BCUT2D eigenvalue weighted by atomic mass is 10.1. The SMILES string of the molecule is COc1cc2c(cc1N1CCOCC1)NCC2. The molecule has 0 aliphatic carbocycles. The largest absolute Gasteiger partial charge is 0.495 e. The normalized spacial score (nSPS) is 18.8. The number of rotatable bonds is 2. The van der Waals surface area contributed by atoms with E-state index in [1.54, 1.807) is 7.11 Å². The highest BCUT2D eigenvalue weighted by Gasteiger charge is 2.20. The molecule has 0 amide bonds. The Morgan fingerprint density at radius 1 is 1.29 bits per heavy atom. The van der Waals surface area contributed by atoms with Gasteiger partial charge in [0.2, 0.25) is 0 Å². The molecule has 0 bridgehead atoms. The smallest absolute Gasteiger partial charge is 0.142 e. The second-order valence-electron chi connectivity index (χ2n) is 4.46. The molecule has 2 heterocycles. The third kappa shape index (κ3) is 1.93. The average Bonchev–Trinajstić information content (AvgIpc) is 2.85. The van der Waals surface area contributed by atoms with Gasteiger partial charge in [-0.15, -0.1) is 0 Å². The van der Waals surface area contributed by atoms with Crippen molar-refractivity contribution in [2.45, 2.75) is 6.42 Å². The molecule has 2 aliphatic rings. The molecule has 0 radical (unpaired) electrons. The number of fused-ring (bicyclic) bond motifs is 1. The summed E-state index contributed by atoms with van der Waals surface area (Å²) >= 11 is 0. The van der Waals surface area contributed by atoms with Crippen molar-refractivity contribution in [2.75, 3.05) is 50.2 Å². The van der Waals surface area contributed by atoms with Gasteiger partial charge in [0, 0.05) is 25.3 Å². The molecule has 92 valence electrons. The van der Waals surface area contributed by atoms with Crippen LogP contribution < -0.4 is 15.0 Å². The Morgan fingerprint density at radius 3 is 2.88 bits per heavy atom. The molecule has 0 saturated carbocycles. The van der Waals surface area contributed by atoms with E-state index >= 15 is 0 Å². The van der Waals surface area contributed by atoms with Gasteiger partial charge in [0.15, 0.2) is 0 Å². The Kier molecular flexibility index (Phi) is 2.81. The minimum atomic E-state index is 0.799. The van der Waals surface area contributed by atoms with Gasteiger partial charge in [0.1, 0.15) is 5.75 Å². The number of benzene rings is 1. The molecular formula is C13H18N2O2. The molecule has 17 heavy (non-hydrogen) atoms. The second kappa shape index (κ2) is 4.45. The number of methoxy groups -OCH3 is 1. The quantitative estimate of drug-likeness (QED) is 0.841. The van der Waals surface area contributed by atoms with E-state index in [4.69, 9.17) is 9.47 Å². The number of morpholine rings is 1. The Morgan fingerprint density at radius 2 is 2.12 bits per heavy atom. The molecule has 0 aromatic heterocycles. The average molecular weight is 234 g/mol. The van der Waals surface area contributed by atoms with E-state index in [0.29, 0.717) is 0 Å². The van der Waals surface area contributed by atoms with Crippen LogP contribution in [0.3, 0.4) is 0 Å². The van der Waals surface area contributed by atoms with Crippen molar-refractivity contribution in [3.05, 3.63) is 17.7 Å². The summed E-state index contributed by atoms with van der Waals surface area (Å²) in [7, 11) is 1.74. The predicted molar refractivity (Wildman–Crippen MR) is 68.2 cm³/mol.